The zero-order valence-electron chi connectivity index (χ0n) is 14.0. The van der Waals surface area contributed by atoms with E-state index in [0.29, 0.717) is 16.3 Å². The molecule has 0 spiro atoms. The van der Waals surface area contributed by atoms with E-state index < -0.39 is 15.9 Å². The minimum absolute atomic E-state index is 0.126. The monoisotopic (exact) mass is 400 g/mol. The summed E-state index contributed by atoms with van der Waals surface area (Å²) in [6, 6.07) is 10.5. The maximum atomic E-state index is 12.4. The van der Waals surface area contributed by atoms with E-state index in [2.05, 4.69) is 5.32 Å². The number of amides is 1. The lowest BCUT2D eigenvalue weighted by Gasteiger charge is -2.21. The second-order valence-electron chi connectivity index (χ2n) is 5.69. The molecule has 0 aliphatic heterocycles. The van der Waals surface area contributed by atoms with Crippen molar-refractivity contribution in [2.45, 2.75) is 24.8 Å². The van der Waals surface area contributed by atoms with Crippen molar-refractivity contribution in [2.24, 2.45) is 0 Å². The zero-order chi connectivity index (χ0) is 18.8. The van der Waals surface area contributed by atoms with Crippen LogP contribution in [0.1, 0.15) is 24.2 Å². The first-order chi connectivity index (χ1) is 11.6. The number of hydrogen-bond donors (Lipinski definition) is 1. The van der Waals surface area contributed by atoms with E-state index in [4.69, 9.17) is 23.2 Å². The predicted octanol–water partition coefficient (Wildman–Crippen LogP) is 4.27. The summed E-state index contributed by atoms with van der Waals surface area (Å²) in [7, 11) is -2.07. The summed E-state index contributed by atoms with van der Waals surface area (Å²) in [5, 5.41) is 3.23. The van der Waals surface area contributed by atoms with Crippen molar-refractivity contribution in [2.75, 3.05) is 12.4 Å². The predicted molar refractivity (Wildman–Crippen MR) is 101 cm³/mol. The van der Waals surface area contributed by atoms with E-state index >= 15 is 0 Å². The van der Waals surface area contributed by atoms with Gasteiger partial charge in [-0.1, -0.05) is 29.3 Å². The van der Waals surface area contributed by atoms with E-state index in [0.717, 1.165) is 0 Å². The van der Waals surface area contributed by atoms with Gasteiger partial charge in [0.05, 0.1) is 20.6 Å². The van der Waals surface area contributed by atoms with Crippen LogP contribution in [0.3, 0.4) is 0 Å². The van der Waals surface area contributed by atoms with Crippen molar-refractivity contribution in [3.8, 4) is 0 Å². The Labute approximate surface area is 157 Å². The molecule has 1 N–H and O–H groups in total. The number of nitrogens with one attached hydrogen (secondary N) is 1. The molecule has 2 aromatic carbocycles. The number of halogens is 2. The van der Waals surface area contributed by atoms with E-state index in [-0.39, 0.29) is 16.0 Å². The smallest absolute Gasteiger partial charge is 0.255 e. The molecule has 0 aromatic heterocycles. The third kappa shape index (κ3) is 4.33. The molecule has 0 bridgehead atoms. The Morgan fingerprint density at radius 2 is 1.68 bits per heavy atom. The molecule has 2 aromatic rings. The van der Waals surface area contributed by atoms with Crippen LogP contribution in [0, 0.1) is 0 Å². The molecule has 0 radical (unpaired) electrons. The minimum Gasteiger partial charge on any atom is -0.321 e. The second kappa shape index (κ2) is 7.74. The van der Waals surface area contributed by atoms with Gasteiger partial charge in [-0.15, -0.1) is 0 Å². The summed E-state index contributed by atoms with van der Waals surface area (Å²) in [4.78, 5) is 12.4. The number of hydrogen-bond acceptors (Lipinski definition) is 3. The van der Waals surface area contributed by atoms with Gasteiger partial charge in [0.2, 0.25) is 10.0 Å². The third-order valence-electron chi connectivity index (χ3n) is 3.72. The fourth-order valence-corrected chi connectivity index (χ4v) is 3.73. The van der Waals surface area contributed by atoms with E-state index in [1.807, 2.05) is 0 Å². The molecular weight excluding hydrogens is 383 g/mol. The molecule has 5 nitrogen and oxygen atoms in total. The molecule has 0 heterocycles. The van der Waals surface area contributed by atoms with E-state index in [9.17, 15) is 13.2 Å². The Balaban J connectivity index is 2.22. The zero-order valence-corrected chi connectivity index (χ0v) is 16.3. The SMILES string of the molecule is CC(C)N(C)S(=O)(=O)c1ccc(C(=O)Nc2cccc(Cl)c2Cl)cc1. The summed E-state index contributed by atoms with van der Waals surface area (Å²) in [5.74, 6) is -0.412. The number of carbonyl (C=O) groups is 1. The molecule has 1 amide bonds. The highest BCUT2D eigenvalue weighted by atomic mass is 35.5. The lowest BCUT2D eigenvalue weighted by molar-refractivity contribution is 0.102. The average molecular weight is 401 g/mol. The van der Waals surface area contributed by atoms with Gasteiger partial charge >= 0.3 is 0 Å². The van der Waals surface area contributed by atoms with Gasteiger partial charge in [-0.25, -0.2) is 8.42 Å². The summed E-state index contributed by atoms with van der Waals surface area (Å²) >= 11 is 12.0. The fraction of sp³-hybridized carbons (Fsp3) is 0.235. The first-order valence-electron chi connectivity index (χ1n) is 7.48. The van der Waals surface area contributed by atoms with Crippen LogP contribution in [0.25, 0.3) is 0 Å². The molecule has 8 heteroatoms. The molecule has 134 valence electrons. The molecule has 0 unspecified atom stereocenters. The molecule has 2 rings (SSSR count). The van der Waals surface area contributed by atoms with E-state index in [1.54, 1.807) is 32.0 Å². The minimum atomic E-state index is -3.59. The summed E-state index contributed by atoms with van der Waals surface area (Å²) in [6.45, 7) is 3.57. The third-order valence-corrected chi connectivity index (χ3v) is 6.59. The normalized spacial score (nSPS) is 11.8. The summed E-state index contributed by atoms with van der Waals surface area (Å²) in [6.07, 6.45) is 0. The quantitative estimate of drug-likeness (QED) is 0.814. The molecule has 0 atom stereocenters. The molecule has 0 saturated carbocycles. The van der Waals surface area contributed by atoms with Crippen molar-refractivity contribution in [3.63, 3.8) is 0 Å². The largest absolute Gasteiger partial charge is 0.321 e. The molecule has 0 saturated heterocycles. The maximum Gasteiger partial charge on any atom is 0.255 e. The number of rotatable bonds is 5. The van der Waals surface area contributed by atoms with Crippen LogP contribution in [0.5, 0.6) is 0 Å². The summed E-state index contributed by atoms with van der Waals surface area (Å²) < 4.78 is 26.1. The standard InChI is InChI=1S/C17H18Cl2N2O3S/c1-11(2)21(3)25(23,24)13-9-7-12(8-10-13)17(22)20-15-6-4-5-14(18)16(15)19/h4-11H,1-3H3,(H,20,22). The number of benzene rings is 2. The second-order valence-corrected chi connectivity index (χ2v) is 8.48. The molecule has 0 aliphatic rings. The maximum absolute atomic E-state index is 12.4. The van der Waals surface area contributed by atoms with Gasteiger partial charge in [-0.05, 0) is 50.2 Å². The highest BCUT2D eigenvalue weighted by molar-refractivity contribution is 7.89. The molecule has 0 fully saturated rings. The van der Waals surface area contributed by atoms with Gasteiger partial charge < -0.3 is 5.32 Å². The number of sulfonamides is 1. The van der Waals surface area contributed by atoms with Crippen LogP contribution in [0.15, 0.2) is 47.4 Å². The molecular formula is C17H18Cl2N2O3S. The molecule has 0 aliphatic carbocycles. The van der Waals surface area contributed by atoms with Gasteiger partial charge in [0.15, 0.2) is 0 Å². The van der Waals surface area contributed by atoms with Crippen LogP contribution < -0.4 is 5.32 Å². The first-order valence-corrected chi connectivity index (χ1v) is 9.67. The van der Waals surface area contributed by atoms with Gasteiger partial charge in [-0.2, -0.15) is 4.31 Å². The van der Waals surface area contributed by atoms with Crippen molar-refractivity contribution < 1.29 is 13.2 Å². The number of nitrogens with zero attached hydrogens (tertiary/aromatic N) is 1. The van der Waals surface area contributed by atoms with Gasteiger partial charge in [0.25, 0.3) is 5.91 Å². The van der Waals surface area contributed by atoms with Crippen molar-refractivity contribution in [1.29, 1.82) is 0 Å². The number of anilines is 1. The highest BCUT2D eigenvalue weighted by Crippen LogP contribution is 2.30. The Morgan fingerprint density at radius 1 is 1.08 bits per heavy atom. The lowest BCUT2D eigenvalue weighted by Crippen LogP contribution is -2.33. The van der Waals surface area contributed by atoms with Crippen molar-refractivity contribution in [1.82, 2.24) is 4.31 Å². The Morgan fingerprint density at radius 3 is 2.24 bits per heavy atom. The Bertz CT molecular complexity index is 881. The van der Waals surface area contributed by atoms with E-state index in [1.165, 1.54) is 35.6 Å². The summed E-state index contributed by atoms with van der Waals surface area (Å²) in [5.41, 5.74) is 0.692. The van der Waals surface area contributed by atoms with Crippen LogP contribution in [0.4, 0.5) is 5.69 Å². The van der Waals surface area contributed by atoms with Crippen molar-refractivity contribution >= 4 is 44.8 Å². The van der Waals surface area contributed by atoms with Crippen LogP contribution >= 0.6 is 23.2 Å². The topological polar surface area (TPSA) is 66.5 Å². The van der Waals surface area contributed by atoms with Crippen LogP contribution in [-0.4, -0.2) is 31.7 Å². The van der Waals surface area contributed by atoms with Crippen LogP contribution in [-0.2, 0) is 10.0 Å². The fourth-order valence-electron chi connectivity index (χ4n) is 2.02. The lowest BCUT2D eigenvalue weighted by atomic mass is 10.2. The molecule has 25 heavy (non-hydrogen) atoms. The Hall–Kier alpha value is -1.60. The van der Waals surface area contributed by atoms with Crippen molar-refractivity contribution in [3.05, 3.63) is 58.1 Å². The highest BCUT2D eigenvalue weighted by Gasteiger charge is 2.23. The Kier molecular flexibility index (Phi) is 6.11. The van der Waals surface area contributed by atoms with Gasteiger partial charge in [0, 0.05) is 18.7 Å². The first kappa shape index (κ1) is 19.7. The average Bonchev–Trinajstić information content (AvgIpc) is 2.58. The van der Waals surface area contributed by atoms with Crippen LogP contribution in [0.2, 0.25) is 10.0 Å². The van der Waals surface area contributed by atoms with Gasteiger partial charge in [0.1, 0.15) is 0 Å². The number of carbonyl (C=O) groups excluding carboxylic acids is 1. The van der Waals surface area contributed by atoms with Gasteiger partial charge in [-0.3, -0.25) is 4.79 Å².